The SMILES string of the molecule is N[C@@H](CO)[C@@H](C#CCCOCc1ccccc1)NCc1ccccc1. The van der Waals surface area contributed by atoms with Crippen molar-refractivity contribution in [3.8, 4) is 11.8 Å². The van der Waals surface area contributed by atoms with Crippen molar-refractivity contribution in [1.82, 2.24) is 5.32 Å². The highest BCUT2D eigenvalue weighted by Crippen LogP contribution is 2.01. The molecule has 0 saturated heterocycles. The molecule has 0 aliphatic rings. The third kappa shape index (κ3) is 7.51. The van der Waals surface area contributed by atoms with Crippen LogP contribution < -0.4 is 11.1 Å². The van der Waals surface area contributed by atoms with Crippen molar-refractivity contribution in [2.75, 3.05) is 13.2 Å². The van der Waals surface area contributed by atoms with Gasteiger partial charge >= 0.3 is 0 Å². The van der Waals surface area contributed by atoms with Crippen LogP contribution in [0.5, 0.6) is 0 Å². The Balaban J connectivity index is 1.74. The summed E-state index contributed by atoms with van der Waals surface area (Å²) in [7, 11) is 0. The minimum absolute atomic E-state index is 0.106. The molecule has 132 valence electrons. The monoisotopic (exact) mass is 338 g/mol. The van der Waals surface area contributed by atoms with Gasteiger partial charge in [0.2, 0.25) is 0 Å². The Morgan fingerprint density at radius 2 is 1.64 bits per heavy atom. The molecule has 0 amide bonds. The van der Waals surface area contributed by atoms with Crippen molar-refractivity contribution >= 4 is 0 Å². The van der Waals surface area contributed by atoms with Crippen molar-refractivity contribution in [3.05, 3.63) is 71.8 Å². The summed E-state index contributed by atoms with van der Waals surface area (Å²) < 4.78 is 5.61. The van der Waals surface area contributed by atoms with Crippen LogP contribution in [0.15, 0.2) is 60.7 Å². The molecule has 0 heterocycles. The lowest BCUT2D eigenvalue weighted by molar-refractivity contribution is 0.126. The third-order valence-corrected chi connectivity index (χ3v) is 3.75. The van der Waals surface area contributed by atoms with E-state index in [1.54, 1.807) is 0 Å². The minimum Gasteiger partial charge on any atom is -0.395 e. The molecule has 0 aromatic heterocycles. The number of aliphatic hydroxyl groups is 1. The summed E-state index contributed by atoms with van der Waals surface area (Å²) >= 11 is 0. The Kier molecular flexibility index (Phi) is 8.74. The summed E-state index contributed by atoms with van der Waals surface area (Å²) in [6.07, 6.45) is 0.633. The van der Waals surface area contributed by atoms with Gasteiger partial charge in [-0.15, -0.1) is 0 Å². The fourth-order valence-electron chi connectivity index (χ4n) is 2.31. The van der Waals surface area contributed by atoms with Crippen LogP contribution >= 0.6 is 0 Å². The molecule has 2 rings (SSSR count). The van der Waals surface area contributed by atoms with Crippen molar-refractivity contribution in [2.45, 2.75) is 31.7 Å². The van der Waals surface area contributed by atoms with Crippen molar-refractivity contribution < 1.29 is 9.84 Å². The number of nitrogens with one attached hydrogen (secondary N) is 1. The molecule has 0 fully saturated rings. The van der Waals surface area contributed by atoms with Crippen molar-refractivity contribution in [1.29, 1.82) is 0 Å². The first kappa shape index (κ1) is 19.2. The van der Waals surface area contributed by atoms with Gasteiger partial charge in [0.25, 0.3) is 0 Å². The molecule has 0 bridgehead atoms. The average molecular weight is 338 g/mol. The zero-order chi connectivity index (χ0) is 17.7. The molecule has 4 N–H and O–H groups in total. The number of aliphatic hydroxyl groups excluding tert-OH is 1. The molecule has 0 spiro atoms. The lowest BCUT2D eigenvalue weighted by atomic mass is 10.1. The first-order valence-corrected chi connectivity index (χ1v) is 8.53. The normalized spacial score (nSPS) is 12.9. The maximum Gasteiger partial charge on any atom is 0.0868 e. The van der Waals surface area contributed by atoms with E-state index < -0.39 is 6.04 Å². The molecule has 2 aromatic rings. The minimum atomic E-state index is -0.415. The van der Waals surface area contributed by atoms with Gasteiger partial charge in [0.05, 0.1) is 31.9 Å². The van der Waals surface area contributed by atoms with Crippen LogP contribution in [0.2, 0.25) is 0 Å². The Morgan fingerprint density at radius 3 is 2.28 bits per heavy atom. The molecule has 0 aliphatic heterocycles. The second-order valence-corrected chi connectivity index (χ2v) is 5.80. The summed E-state index contributed by atoms with van der Waals surface area (Å²) in [6, 6.07) is 19.4. The van der Waals surface area contributed by atoms with Crippen molar-refractivity contribution in [2.24, 2.45) is 5.73 Å². The van der Waals surface area contributed by atoms with Crippen LogP contribution in [-0.4, -0.2) is 30.4 Å². The molecular weight excluding hydrogens is 312 g/mol. The van der Waals surface area contributed by atoms with Gasteiger partial charge in [0.1, 0.15) is 0 Å². The summed E-state index contributed by atoms with van der Waals surface area (Å²) in [6.45, 7) is 1.72. The molecular formula is C21H26N2O2. The largest absolute Gasteiger partial charge is 0.395 e. The lowest BCUT2D eigenvalue weighted by Gasteiger charge is -2.18. The van der Waals surface area contributed by atoms with Crippen molar-refractivity contribution in [3.63, 3.8) is 0 Å². The van der Waals surface area contributed by atoms with Crippen LogP contribution in [-0.2, 0) is 17.9 Å². The second-order valence-electron chi connectivity index (χ2n) is 5.80. The van der Waals surface area contributed by atoms with E-state index in [9.17, 15) is 5.11 Å². The van der Waals surface area contributed by atoms with Gasteiger partial charge in [-0.2, -0.15) is 0 Å². The highest BCUT2D eigenvalue weighted by atomic mass is 16.5. The van der Waals surface area contributed by atoms with E-state index in [1.807, 2.05) is 60.7 Å². The third-order valence-electron chi connectivity index (χ3n) is 3.75. The van der Waals surface area contributed by atoms with E-state index in [-0.39, 0.29) is 12.6 Å². The fraction of sp³-hybridized carbons (Fsp3) is 0.333. The predicted molar refractivity (Wildman–Crippen MR) is 101 cm³/mol. The Morgan fingerprint density at radius 1 is 1.00 bits per heavy atom. The smallest absolute Gasteiger partial charge is 0.0868 e. The first-order valence-electron chi connectivity index (χ1n) is 8.53. The van der Waals surface area contributed by atoms with E-state index in [4.69, 9.17) is 10.5 Å². The molecule has 0 radical (unpaired) electrons. The van der Waals surface area contributed by atoms with Crippen LogP contribution in [0.4, 0.5) is 0 Å². The second kappa shape index (κ2) is 11.4. The van der Waals surface area contributed by atoms with E-state index in [1.165, 1.54) is 0 Å². The highest BCUT2D eigenvalue weighted by molar-refractivity contribution is 5.17. The van der Waals surface area contributed by atoms with Gasteiger partial charge in [0, 0.05) is 13.0 Å². The zero-order valence-electron chi connectivity index (χ0n) is 14.4. The molecule has 2 aromatic carbocycles. The summed E-state index contributed by atoms with van der Waals surface area (Å²) in [5.74, 6) is 6.21. The van der Waals surface area contributed by atoms with Gasteiger partial charge in [-0.25, -0.2) is 0 Å². The molecule has 25 heavy (non-hydrogen) atoms. The number of hydrogen-bond donors (Lipinski definition) is 3. The maximum atomic E-state index is 9.31. The predicted octanol–water partition coefficient (Wildman–Crippen LogP) is 2.07. The molecule has 0 unspecified atom stereocenters. The fourth-order valence-corrected chi connectivity index (χ4v) is 2.31. The summed E-state index contributed by atoms with van der Waals surface area (Å²) in [4.78, 5) is 0. The molecule has 0 aliphatic carbocycles. The van der Waals surface area contributed by atoms with Gasteiger partial charge in [0.15, 0.2) is 0 Å². The van der Waals surface area contributed by atoms with E-state index in [2.05, 4.69) is 17.2 Å². The summed E-state index contributed by atoms with van der Waals surface area (Å²) in [5.41, 5.74) is 8.26. The standard InChI is InChI=1S/C21H26N2O2/c22-20(16-24)21(23-15-18-9-3-1-4-10-18)13-7-8-14-25-17-19-11-5-2-6-12-19/h1-6,9-12,20-21,23-24H,8,14-17,22H2/t20-,21+/m0/s1. The molecule has 4 nitrogen and oxygen atoms in total. The Hall–Kier alpha value is -2.16. The van der Waals surface area contributed by atoms with Gasteiger partial charge in [-0.3, -0.25) is 5.32 Å². The van der Waals surface area contributed by atoms with Crippen LogP contribution in [0.1, 0.15) is 17.5 Å². The van der Waals surface area contributed by atoms with E-state index in [0.717, 1.165) is 11.1 Å². The average Bonchev–Trinajstić information content (AvgIpc) is 2.67. The molecule has 4 heteroatoms. The highest BCUT2D eigenvalue weighted by Gasteiger charge is 2.13. The number of benzene rings is 2. The zero-order valence-corrected chi connectivity index (χ0v) is 14.4. The van der Waals surface area contributed by atoms with E-state index in [0.29, 0.717) is 26.2 Å². The van der Waals surface area contributed by atoms with Crippen LogP contribution in [0.3, 0.4) is 0 Å². The quantitative estimate of drug-likeness (QED) is 0.484. The maximum absolute atomic E-state index is 9.31. The molecule has 0 saturated carbocycles. The summed E-state index contributed by atoms with van der Waals surface area (Å²) in [5, 5.41) is 12.6. The van der Waals surface area contributed by atoms with Gasteiger partial charge < -0.3 is 15.6 Å². The van der Waals surface area contributed by atoms with Gasteiger partial charge in [-0.1, -0.05) is 72.5 Å². The Bertz CT molecular complexity index is 650. The first-order chi connectivity index (χ1) is 12.3. The van der Waals surface area contributed by atoms with Crippen LogP contribution in [0, 0.1) is 11.8 Å². The van der Waals surface area contributed by atoms with E-state index >= 15 is 0 Å². The van der Waals surface area contributed by atoms with Gasteiger partial charge in [-0.05, 0) is 11.1 Å². The molecule has 2 atom stereocenters. The number of hydrogen-bond acceptors (Lipinski definition) is 4. The van der Waals surface area contributed by atoms with Crippen LogP contribution in [0.25, 0.3) is 0 Å². The topological polar surface area (TPSA) is 67.5 Å². The number of nitrogens with two attached hydrogens (primary N) is 1. The lowest BCUT2D eigenvalue weighted by Crippen LogP contribution is -2.46. The Labute approximate surface area is 150 Å². The number of ether oxygens (including phenoxy) is 1. The number of rotatable bonds is 9.